The van der Waals surface area contributed by atoms with E-state index in [0.29, 0.717) is 29.2 Å². The summed E-state index contributed by atoms with van der Waals surface area (Å²) in [5, 5.41) is 0.813. The van der Waals surface area contributed by atoms with Gasteiger partial charge in [0.15, 0.2) is 0 Å². The van der Waals surface area contributed by atoms with Crippen LogP contribution in [0.15, 0.2) is 41.2 Å². The lowest BCUT2D eigenvalue weighted by Gasteiger charge is -2.33. The molecule has 2 aromatic carbocycles. The maximum atomic E-state index is 13.5. The first-order chi connectivity index (χ1) is 13.4. The number of aromatic nitrogens is 2. The van der Waals surface area contributed by atoms with E-state index >= 15 is 0 Å². The largest absolute Gasteiger partial charge is 0.340 e. The number of aromatic amines is 1. The summed E-state index contributed by atoms with van der Waals surface area (Å²) >= 11 is 12.0. The topological polar surface area (TPSA) is 58.1 Å². The van der Waals surface area contributed by atoms with Crippen LogP contribution in [0.4, 0.5) is 4.39 Å². The standard InChI is InChI=1S/C20H18Cl2FN3O2/c21-13-3-4-17-18(10-13)26(20(28)24-17)16-2-1-5-25(11-16)19(27)8-12-6-14(22)9-15(23)7-12/h3-4,6-7,9-10,16H,1-2,5,8,11H2,(H,24,28)/t16-/m0/s1. The van der Waals surface area contributed by atoms with Crippen LogP contribution in [0.5, 0.6) is 0 Å². The second kappa shape index (κ2) is 7.60. The lowest BCUT2D eigenvalue weighted by Crippen LogP contribution is -2.43. The number of amides is 1. The fraction of sp³-hybridized carbons (Fsp3) is 0.300. The number of piperidine rings is 1. The number of rotatable bonds is 3. The predicted octanol–water partition coefficient (Wildman–Crippen LogP) is 4.18. The summed E-state index contributed by atoms with van der Waals surface area (Å²) in [6.45, 7) is 1.03. The summed E-state index contributed by atoms with van der Waals surface area (Å²) < 4.78 is 15.2. The van der Waals surface area contributed by atoms with Gasteiger partial charge in [-0.2, -0.15) is 0 Å². The van der Waals surface area contributed by atoms with Crippen LogP contribution in [-0.2, 0) is 11.2 Å². The number of benzene rings is 2. The van der Waals surface area contributed by atoms with Crippen molar-refractivity contribution in [3.05, 3.63) is 68.3 Å². The molecule has 1 fully saturated rings. The smallest absolute Gasteiger partial charge is 0.326 e. The zero-order chi connectivity index (χ0) is 19.8. The number of hydrogen-bond donors (Lipinski definition) is 1. The Morgan fingerprint density at radius 1 is 1.18 bits per heavy atom. The van der Waals surface area contributed by atoms with Crippen molar-refractivity contribution < 1.29 is 9.18 Å². The quantitative estimate of drug-likeness (QED) is 0.689. The molecular formula is C20H18Cl2FN3O2. The van der Waals surface area contributed by atoms with Crippen LogP contribution < -0.4 is 5.69 Å². The Morgan fingerprint density at radius 2 is 2.00 bits per heavy atom. The molecule has 3 aromatic rings. The van der Waals surface area contributed by atoms with Crippen molar-refractivity contribution in [1.29, 1.82) is 0 Å². The number of fused-ring (bicyclic) bond motifs is 1. The Balaban J connectivity index is 1.56. The van der Waals surface area contributed by atoms with Gasteiger partial charge < -0.3 is 9.88 Å². The molecule has 0 bridgehead atoms. The van der Waals surface area contributed by atoms with Gasteiger partial charge in [-0.3, -0.25) is 9.36 Å². The SMILES string of the molecule is O=C(Cc1cc(F)cc(Cl)c1)N1CCC[C@H](n2c(=O)[nH]c3ccc(Cl)cc32)C1. The Hall–Kier alpha value is -2.31. The zero-order valence-corrected chi connectivity index (χ0v) is 16.4. The molecule has 2 heterocycles. The molecular weight excluding hydrogens is 404 g/mol. The Bertz CT molecular complexity index is 1090. The van der Waals surface area contributed by atoms with Crippen molar-refractivity contribution in [1.82, 2.24) is 14.5 Å². The van der Waals surface area contributed by atoms with E-state index in [4.69, 9.17) is 23.2 Å². The lowest BCUT2D eigenvalue weighted by molar-refractivity contribution is -0.132. The number of H-pyrrole nitrogens is 1. The summed E-state index contributed by atoms with van der Waals surface area (Å²) in [5.41, 5.74) is 1.77. The maximum absolute atomic E-state index is 13.5. The van der Waals surface area contributed by atoms with E-state index in [9.17, 15) is 14.0 Å². The molecule has 4 rings (SSSR count). The molecule has 0 saturated carbocycles. The second-order valence-corrected chi connectivity index (χ2v) is 7.92. The van der Waals surface area contributed by atoms with Gasteiger partial charge in [0, 0.05) is 23.1 Å². The molecule has 1 N–H and O–H groups in total. The molecule has 8 heteroatoms. The van der Waals surface area contributed by atoms with E-state index in [1.54, 1.807) is 33.7 Å². The molecule has 1 saturated heterocycles. The minimum atomic E-state index is -0.464. The second-order valence-electron chi connectivity index (χ2n) is 7.05. The molecule has 1 atom stereocenters. The molecule has 0 aliphatic carbocycles. The molecule has 1 aliphatic rings. The van der Waals surface area contributed by atoms with Crippen LogP contribution >= 0.6 is 23.2 Å². The van der Waals surface area contributed by atoms with Gasteiger partial charge in [0.1, 0.15) is 5.82 Å². The molecule has 146 valence electrons. The van der Waals surface area contributed by atoms with Gasteiger partial charge in [0.2, 0.25) is 5.91 Å². The van der Waals surface area contributed by atoms with Crippen LogP contribution in [0.1, 0.15) is 24.4 Å². The third-order valence-electron chi connectivity index (χ3n) is 5.07. The molecule has 0 radical (unpaired) electrons. The Kier molecular flexibility index (Phi) is 5.17. The van der Waals surface area contributed by atoms with Crippen LogP contribution in [-0.4, -0.2) is 33.4 Å². The molecule has 1 amide bonds. The van der Waals surface area contributed by atoms with Crippen LogP contribution in [0.2, 0.25) is 10.0 Å². The zero-order valence-electron chi connectivity index (χ0n) is 14.9. The highest BCUT2D eigenvalue weighted by atomic mass is 35.5. The summed E-state index contributed by atoms with van der Waals surface area (Å²) in [7, 11) is 0. The van der Waals surface area contributed by atoms with Gasteiger partial charge in [-0.15, -0.1) is 0 Å². The van der Waals surface area contributed by atoms with Crippen molar-refractivity contribution in [2.75, 3.05) is 13.1 Å². The first-order valence-electron chi connectivity index (χ1n) is 9.03. The predicted molar refractivity (Wildman–Crippen MR) is 108 cm³/mol. The van der Waals surface area contributed by atoms with E-state index in [2.05, 4.69) is 4.98 Å². The van der Waals surface area contributed by atoms with Gasteiger partial charge in [-0.25, -0.2) is 9.18 Å². The number of imidazole rings is 1. The molecule has 28 heavy (non-hydrogen) atoms. The van der Waals surface area contributed by atoms with Crippen molar-refractivity contribution in [2.45, 2.75) is 25.3 Å². The van der Waals surface area contributed by atoms with E-state index in [1.807, 2.05) is 0 Å². The van der Waals surface area contributed by atoms with E-state index < -0.39 is 5.82 Å². The number of hydrogen-bond acceptors (Lipinski definition) is 2. The third-order valence-corrected chi connectivity index (χ3v) is 5.53. The van der Waals surface area contributed by atoms with Crippen LogP contribution in [0.25, 0.3) is 11.0 Å². The molecule has 1 aromatic heterocycles. The molecule has 1 aliphatic heterocycles. The van der Waals surface area contributed by atoms with Gasteiger partial charge in [-0.1, -0.05) is 23.2 Å². The van der Waals surface area contributed by atoms with Crippen LogP contribution in [0.3, 0.4) is 0 Å². The van der Waals surface area contributed by atoms with Gasteiger partial charge in [0.25, 0.3) is 0 Å². The minimum Gasteiger partial charge on any atom is -0.340 e. The molecule has 0 spiro atoms. The fourth-order valence-electron chi connectivity index (χ4n) is 3.85. The normalized spacial score (nSPS) is 17.2. The number of halogens is 3. The summed E-state index contributed by atoms with van der Waals surface area (Å²) in [6, 6.07) is 9.23. The summed E-state index contributed by atoms with van der Waals surface area (Å²) in [4.78, 5) is 29.8. The van der Waals surface area contributed by atoms with Crippen molar-refractivity contribution in [3.63, 3.8) is 0 Å². The Labute approximate surface area is 170 Å². The lowest BCUT2D eigenvalue weighted by atomic mass is 10.0. The van der Waals surface area contributed by atoms with Crippen molar-refractivity contribution >= 4 is 40.1 Å². The highest BCUT2D eigenvalue weighted by molar-refractivity contribution is 6.31. The number of carbonyl (C=O) groups excluding carboxylic acids is 1. The van der Waals surface area contributed by atoms with Gasteiger partial charge >= 0.3 is 5.69 Å². The highest BCUT2D eigenvalue weighted by Gasteiger charge is 2.27. The maximum Gasteiger partial charge on any atom is 0.326 e. The van der Waals surface area contributed by atoms with Gasteiger partial charge in [0.05, 0.1) is 23.5 Å². The van der Waals surface area contributed by atoms with E-state index in [0.717, 1.165) is 18.4 Å². The Morgan fingerprint density at radius 3 is 2.79 bits per heavy atom. The average Bonchev–Trinajstić information content (AvgIpc) is 2.96. The molecule has 5 nitrogen and oxygen atoms in total. The summed E-state index contributed by atoms with van der Waals surface area (Å²) in [5.74, 6) is -0.577. The van der Waals surface area contributed by atoms with E-state index in [1.165, 1.54) is 12.1 Å². The summed E-state index contributed by atoms with van der Waals surface area (Å²) in [6.07, 6.45) is 1.63. The number of nitrogens with one attached hydrogen (secondary N) is 1. The fourth-order valence-corrected chi connectivity index (χ4v) is 4.26. The molecule has 0 unspecified atom stereocenters. The van der Waals surface area contributed by atoms with E-state index in [-0.39, 0.29) is 29.1 Å². The number of nitrogens with zero attached hydrogens (tertiary/aromatic N) is 2. The monoisotopic (exact) mass is 421 g/mol. The third kappa shape index (κ3) is 3.80. The first-order valence-corrected chi connectivity index (χ1v) is 9.79. The highest BCUT2D eigenvalue weighted by Crippen LogP contribution is 2.26. The average molecular weight is 422 g/mol. The van der Waals surface area contributed by atoms with Crippen molar-refractivity contribution in [3.8, 4) is 0 Å². The number of likely N-dealkylation sites (tertiary alicyclic amines) is 1. The van der Waals surface area contributed by atoms with Gasteiger partial charge in [-0.05, 0) is 54.8 Å². The number of carbonyl (C=O) groups is 1. The van der Waals surface area contributed by atoms with Crippen LogP contribution in [0, 0.1) is 5.82 Å². The first kappa shape index (κ1) is 19.0. The van der Waals surface area contributed by atoms with Crippen molar-refractivity contribution in [2.24, 2.45) is 0 Å². The minimum absolute atomic E-state index is 0.0683.